The maximum absolute atomic E-state index is 11.3. The number of rotatable bonds is 2. The van der Waals surface area contributed by atoms with Crippen molar-refractivity contribution in [2.45, 2.75) is 14.8 Å². The second-order valence-corrected chi connectivity index (χ2v) is 18.7. The van der Waals surface area contributed by atoms with E-state index in [-0.39, 0.29) is 5.97 Å². The van der Waals surface area contributed by atoms with E-state index in [4.69, 9.17) is 0 Å². The van der Waals surface area contributed by atoms with Crippen LogP contribution in [0.4, 0.5) is 0 Å². The van der Waals surface area contributed by atoms with Gasteiger partial charge in [-0.25, -0.2) is 0 Å². The molecule has 0 aliphatic rings. The van der Waals surface area contributed by atoms with Gasteiger partial charge < -0.3 is 0 Å². The molecule has 0 aliphatic carbocycles. The van der Waals surface area contributed by atoms with E-state index in [1.807, 2.05) is 12.3 Å². The molecule has 0 unspecified atom stereocenters. The average molecular weight is 300 g/mol. The van der Waals surface area contributed by atoms with Crippen LogP contribution in [0.3, 0.4) is 0 Å². The molecular weight excluding hydrogens is 285 g/mol. The average Bonchev–Trinajstić information content (AvgIpc) is 2.15. The Labute approximate surface area is 88.4 Å². The van der Waals surface area contributed by atoms with Crippen molar-refractivity contribution in [3.05, 3.63) is 24.0 Å². The summed E-state index contributed by atoms with van der Waals surface area (Å²) in [7, 11) is 1.38. The van der Waals surface area contributed by atoms with E-state index >= 15 is 0 Å². The molecular formula is C10H15NO2Sn. The third-order valence-corrected chi connectivity index (χ3v) is 7.75. The molecule has 0 N–H and O–H groups in total. The summed E-state index contributed by atoms with van der Waals surface area (Å²) in [5.41, 5.74) is 0.552. The molecule has 1 heterocycles. The molecule has 0 aromatic carbocycles. The van der Waals surface area contributed by atoms with Crippen molar-refractivity contribution in [1.82, 2.24) is 4.98 Å². The van der Waals surface area contributed by atoms with Crippen LogP contribution in [0.5, 0.6) is 0 Å². The minimum atomic E-state index is -2.11. The standard InChI is InChI=1S/C7H6NO2.3CH3.Sn/c1-10-7(9)6-3-2-4-8-5-6;;;;/h3-5H,1H3;3*1H3;. The molecule has 0 aliphatic heterocycles. The Morgan fingerprint density at radius 3 is 2.50 bits per heavy atom. The monoisotopic (exact) mass is 301 g/mol. The number of ether oxygens (including phenoxy) is 1. The first kappa shape index (κ1) is 11.5. The zero-order valence-electron chi connectivity index (χ0n) is 9.00. The summed E-state index contributed by atoms with van der Waals surface area (Å²) in [4.78, 5) is 22.2. The number of pyridine rings is 1. The van der Waals surface area contributed by atoms with Gasteiger partial charge in [-0.05, 0) is 0 Å². The van der Waals surface area contributed by atoms with Crippen molar-refractivity contribution in [1.29, 1.82) is 0 Å². The molecule has 0 spiro atoms. The van der Waals surface area contributed by atoms with E-state index in [1.54, 1.807) is 6.20 Å². The molecule has 1 aromatic rings. The SMILES string of the molecule is COC(=O)c1cnc[c]([Sn]([CH3])([CH3])[CH3])c1. The summed E-state index contributed by atoms with van der Waals surface area (Å²) in [6.45, 7) is 0. The molecule has 4 heteroatoms. The van der Waals surface area contributed by atoms with E-state index < -0.39 is 18.4 Å². The summed E-state index contributed by atoms with van der Waals surface area (Å²) in [6, 6.07) is 1.91. The van der Waals surface area contributed by atoms with Crippen LogP contribution in [-0.2, 0) is 4.74 Å². The molecule has 0 saturated heterocycles. The van der Waals surface area contributed by atoms with Crippen molar-refractivity contribution >= 4 is 27.9 Å². The van der Waals surface area contributed by atoms with Crippen LogP contribution >= 0.6 is 0 Å². The first-order chi connectivity index (χ1) is 6.45. The minimum absolute atomic E-state index is 0.310. The number of carbonyl (C=O) groups excluding carboxylic acids is 1. The van der Waals surface area contributed by atoms with Crippen LogP contribution in [0.1, 0.15) is 10.4 Å². The van der Waals surface area contributed by atoms with E-state index in [1.165, 1.54) is 10.7 Å². The number of nitrogens with zero attached hydrogens (tertiary/aromatic N) is 1. The Balaban J connectivity index is 3.08. The fourth-order valence-corrected chi connectivity index (χ4v) is 4.08. The number of hydrogen-bond donors (Lipinski definition) is 0. The van der Waals surface area contributed by atoms with E-state index in [0.717, 1.165) is 0 Å². The molecule has 0 amide bonds. The van der Waals surface area contributed by atoms with Crippen LogP contribution in [0.15, 0.2) is 18.5 Å². The van der Waals surface area contributed by atoms with Crippen molar-refractivity contribution in [3.63, 3.8) is 0 Å². The summed E-state index contributed by atoms with van der Waals surface area (Å²) in [6.07, 6.45) is 3.41. The molecule has 1 aromatic heterocycles. The normalized spacial score (nSPS) is 11.1. The van der Waals surface area contributed by atoms with Gasteiger partial charge in [0.25, 0.3) is 0 Å². The van der Waals surface area contributed by atoms with Gasteiger partial charge in [-0.1, -0.05) is 0 Å². The van der Waals surface area contributed by atoms with Crippen molar-refractivity contribution in [2.24, 2.45) is 0 Å². The van der Waals surface area contributed by atoms with Crippen molar-refractivity contribution in [3.8, 4) is 0 Å². The van der Waals surface area contributed by atoms with Gasteiger partial charge in [0, 0.05) is 0 Å². The van der Waals surface area contributed by atoms with Crippen LogP contribution in [0, 0.1) is 0 Å². The van der Waals surface area contributed by atoms with E-state index in [0.29, 0.717) is 5.56 Å². The number of hydrogen-bond acceptors (Lipinski definition) is 3. The molecule has 0 atom stereocenters. The number of carbonyl (C=O) groups is 1. The zero-order chi connectivity index (χ0) is 10.8. The summed E-state index contributed by atoms with van der Waals surface area (Å²) < 4.78 is 5.89. The van der Waals surface area contributed by atoms with E-state index in [9.17, 15) is 4.79 Å². The summed E-state index contributed by atoms with van der Waals surface area (Å²) in [5.74, 6) is -0.310. The first-order valence-electron chi connectivity index (χ1n) is 4.49. The van der Waals surface area contributed by atoms with Gasteiger partial charge in [0.2, 0.25) is 0 Å². The van der Waals surface area contributed by atoms with Gasteiger partial charge in [0.15, 0.2) is 0 Å². The van der Waals surface area contributed by atoms with Gasteiger partial charge in [-0.3, -0.25) is 0 Å². The molecule has 14 heavy (non-hydrogen) atoms. The molecule has 0 saturated carbocycles. The fraction of sp³-hybridized carbons (Fsp3) is 0.400. The second-order valence-electron chi connectivity index (χ2n) is 4.20. The predicted octanol–water partition coefficient (Wildman–Crippen LogP) is 1.41. The Bertz CT molecular complexity index is 344. The quantitative estimate of drug-likeness (QED) is 0.612. The Kier molecular flexibility index (Phi) is 3.53. The number of esters is 1. The van der Waals surface area contributed by atoms with Gasteiger partial charge in [-0.15, -0.1) is 0 Å². The molecule has 76 valence electrons. The zero-order valence-corrected chi connectivity index (χ0v) is 11.8. The van der Waals surface area contributed by atoms with E-state index in [2.05, 4.69) is 24.5 Å². The van der Waals surface area contributed by atoms with Crippen LogP contribution in [0.25, 0.3) is 0 Å². The second kappa shape index (κ2) is 4.29. The maximum atomic E-state index is 11.3. The Hall–Kier alpha value is -0.581. The molecule has 3 nitrogen and oxygen atoms in total. The van der Waals surface area contributed by atoms with Crippen LogP contribution < -0.4 is 3.58 Å². The van der Waals surface area contributed by atoms with Gasteiger partial charge >= 0.3 is 88.4 Å². The number of aromatic nitrogens is 1. The van der Waals surface area contributed by atoms with Gasteiger partial charge in [0.1, 0.15) is 0 Å². The molecule has 0 bridgehead atoms. The molecule has 0 fully saturated rings. The van der Waals surface area contributed by atoms with Crippen molar-refractivity contribution < 1.29 is 9.53 Å². The summed E-state index contributed by atoms with van der Waals surface area (Å²) in [5, 5.41) is 0. The van der Waals surface area contributed by atoms with Gasteiger partial charge in [0.05, 0.1) is 0 Å². The van der Waals surface area contributed by atoms with Gasteiger partial charge in [-0.2, -0.15) is 0 Å². The first-order valence-corrected chi connectivity index (χ1v) is 14.5. The third-order valence-electron chi connectivity index (χ3n) is 2.03. The molecule has 1 rings (SSSR count). The third kappa shape index (κ3) is 2.70. The molecule has 0 radical (unpaired) electrons. The number of methoxy groups -OCH3 is 1. The Morgan fingerprint density at radius 1 is 1.36 bits per heavy atom. The van der Waals surface area contributed by atoms with Crippen LogP contribution in [-0.4, -0.2) is 36.4 Å². The topological polar surface area (TPSA) is 39.2 Å². The van der Waals surface area contributed by atoms with Crippen LogP contribution in [0.2, 0.25) is 14.8 Å². The van der Waals surface area contributed by atoms with Crippen molar-refractivity contribution in [2.75, 3.05) is 7.11 Å². The fourth-order valence-electron chi connectivity index (χ4n) is 1.08. The predicted molar refractivity (Wildman–Crippen MR) is 58.6 cm³/mol. The summed E-state index contributed by atoms with van der Waals surface area (Å²) >= 11 is -2.11. The Morgan fingerprint density at radius 2 is 2.00 bits per heavy atom.